The summed E-state index contributed by atoms with van der Waals surface area (Å²) in [5.74, 6) is 0. The highest BCUT2D eigenvalue weighted by Gasteiger charge is 2.18. The summed E-state index contributed by atoms with van der Waals surface area (Å²) in [6.45, 7) is 7.83. The van der Waals surface area contributed by atoms with Crippen LogP contribution in [-0.4, -0.2) is 14.5 Å². The van der Waals surface area contributed by atoms with Crippen molar-refractivity contribution < 1.29 is 0 Å². The van der Waals surface area contributed by atoms with Gasteiger partial charge in [-0.1, -0.05) is 20.8 Å². The first-order valence-electron chi connectivity index (χ1n) is 7.06. The lowest BCUT2D eigenvalue weighted by Crippen LogP contribution is -2.11. The van der Waals surface area contributed by atoms with E-state index in [4.69, 9.17) is 10.7 Å². The fourth-order valence-corrected chi connectivity index (χ4v) is 3.37. The van der Waals surface area contributed by atoms with Crippen LogP contribution >= 0.6 is 11.3 Å². The topological polar surface area (TPSA) is 56.7 Å². The smallest absolute Gasteiger partial charge is 0.140 e. The minimum absolute atomic E-state index is 0.0914. The molecule has 0 aliphatic heterocycles. The van der Waals surface area contributed by atoms with Crippen molar-refractivity contribution in [2.24, 2.45) is 5.73 Å². The number of thiazole rings is 1. The molecule has 0 bridgehead atoms. The number of nitrogens with zero attached hydrogens (tertiary/aromatic N) is 3. The molecule has 0 radical (unpaired) electrons. The SMILES string of the molecule is CC(C)(C)c1csc(Cn2cc(CN)c3cccnc32)n1. The number of rotatable bonds is 3. The maximum atomic E-state index is 5.83. The first-order valence-corrected chi connectivity index (χ1v) is 7.94. The van der Waals surface area contributed by atoms with Crippen molar-refractivity contribution >= 4 is 22.4 Å². The second-order valence-electron chi connectivity index (χ2n) is 6.24. The van der Waals surface area contributed by atoms with Crippen LogP contribution in [0, 0.1) is 0 Å². The molecule has 3 heterocycles. The maximum Gasteiger partial charge on any atom is 0.140 e. The quantitative estimate of drug-likeness (QED) is 0.807. The van der Waals surface area contributed by atoms with E-state index in [2.05, 4.69) is 48.0 Å². The molecular weight excluding hydrogens is 280 g/mol. The highest BCUT2D eigenvalue weighted by molar-refractivity contribution is 7.09. The van der Waals surface area contributed by atoms with E-state index in [1.807, 2.05) is 12.3 Å². The fourth-order valence-electron chi connectivity index (χ4n) is 2.35. The third-order valence-electron chi connectivity index (χ3n) is 3.56. The summed E-state index contributed by atoms with van der Waals surface area (Å²) < 4.78 is 2.14. The lowest BCUT2D eigenvalue weighted by molar-refractivity contribution is 0.570. The van der Waals surface area contributed by atoms with Crippen LogP contribution in [0.2, 0.25) is 0 Å². The van der Waals surface area contributed by atoms with E-state index < -0.39 is 0 Å². The summed E-state index contributed by atoms with van der Waals surface area (Å²) in [6.07, 6.45) is 3.91. The lowest BCUT2D eigenvalue weighted by atomic mass is 9.93. The van der Waals surface area contributed by atoms with E-state index in [0.29, 0.717) is 6.54 Å². The summed E-state index contributed by atoms with van der Waals surface area (Å²) >= 11 is 1.71. The minimum Gasteiger partial charge on any atom is -0.326 e. The molecular formula is C16H20N4S. The van der Waals surface area contributed by atoms with Crippen molar-refractivity contribution in [2.75, 3.05) is 0 Å². The average molecular weight is 300 g/mol. The molecule has 0 spiro atoms. The molecule has 110 valence electrons. The van der Waals surface area contributed by atoms with Gasteiger partial charge in [0.05, 0.1) is 12.2 Å². The number of pyridine rings is 1. The molecule has 3 aromatic heterocycles. The Balaban J connectivity index is 1.97. The van der Waals surface area contributed by atoms with Gasteiger partial charge < -0.3 is 10.3 Å². The second kappa shape index (κ2) is 5.24. The van der Waals surface area contributed by atoms with Gasteiger partial charge in [-0.15, -0.1) is 11.3 Å². The Labute approximate surface area is 128 Å². The zero-order chi connectivity index (χ0) is 15.0. The molecule has 4 nitrogen and oxygen atoms in total. The molecule has 0 unspecified atom stereocenters. The van der Waals surface area contributed by atoms with Gasteiger partial charge in [-0.05, 0) is 17.7 Å². The largest absolute Gasteiger partial charge is 0.326 e. The summed E-state index contributed by atoms with van der Waals surface area (Å²) in [6, 6.07) is 4.02. The van der Waals surface area contributed by atoms with Gasteiger partial charge in [0.25, 0.3) is 0 Å². The molecule has 5 heteroatoms. The van der Waals surface area contributed by atoms with E-state index in [0.717, 1.165) is 33.8 Å². The minimum atomic E-state index is 0.0914. The van der Waals surface area contributed by atoms with E-state index in [1.54, 1.807) is 11.3 Å². The molecule has 0 aromatic carbocycles. The molecule has 0 aliphatic carbocycles. The first-order chi connectivity index (χ1) is 9.99. The predicted octanol–water partition coefficient (Wildman–Crippen LogP) is 3.30. The summed E-state index contributed by atoms with van der Waals surface area (Å²) in [7, 11) is 0. The number of hydrogen-bond acceptors (Lipinski definition) is 4. The molecule has 0 fully saturated rings. The van der Waals surface area contributed by atoms with E-state index in [1.165, 1.54) is 0 Å². The maximum absolute atomic E-state index is 5.83. The van der Waals surface area contributed by atoms with E-state index >= 15 is 0 Å². The van der Waals surface area contributed by atoms with Gasteiger partial charge in [-0.3, -0.25) is 0 Å². The van der Waals surface area contributed by atoms with E-state index in [9.17, 15) is 0 Å². The van der Waals surface area contributed by atoms with Gasteiger partial charge in [0.1, 0.15) is 10.7 Å². The van der Waals surface area contributed by atoms with E-state index in [-0.39, 0.29) is 5.41 Å². The Morgan fingerprint density at radius 2 is 2.14 bits per heavy atom. The van der Waals surface area contributed by atoms with Gasteiger partial charge in [0.2, 0.25) is 0 Å². The summed E-state index contributed by atoms with van der Waals surface area (Å²) in [5, 5.41) is 4.39. The number of hydrogen-bond donors (Lipinski definition) is 1. The van der Waals surface area contributed by atoms with Crippen LogP contribution in [-0.2, 0) is 18.5 Å². The van der Waals surface area contributed by atoms with Crippen LogP contribution in [0.1, 0.15) is 37.0 Å². The third-order valence-corrected chi connectivity index (χ3v) is 4.40. The normalized spacial score (nSPS) is 12.2. The fraction of sp³-hybridized carbons (Fsp3) is 0.375. The predicted molar refractivity (Wildman–Crippen MR) is 87.5 cm³/mol. The Kier molecular flexibility index (Phi) is 3.55. The van der Waals surface area contributed by atoms with Crippen molar-refractivity contribution in [1.29, 1.82) is 0 Å². The highest BCUT2D eigenvalue weighted by Crippen LogP contribution is 2.26. The third kappa shape index (κ3) is 2.71. The van der Waals surface area contributed by atoms with Crippen LogP contribution in [0.5, 0.6) is 0 Å². The van der Waals surface area contributed by atoms with Crippen molar-refractivity contribution in [3.8, 4) is 0 Å². The molecule has 0 aliphatic rings. The summed E-state index contributed by atoms with van der Waals surface area (Å²) in [5.41, 5.74) is 9.17. The molecule has 2 N–H and O–H groups in total. The number of nitrogens with two attached hydrogens (primary N) is 1. The number of aromatic nitrogens is 3. The highest BCUT2D eigenvalue weighted by atomic mass is 32.1. The van der Waals surface area contributed by atoms with Gasteiger partial charge >= 0.3 is 0 Å². The van der Waals surface area contributed by atoms with Crippen LogP contribution in [0.4, 0.5) is 0 Å². The lowest BCUT2D eigenvalue weighted by Gasteiger charge is -2.14. The molecule has 21 heavy (non-hydrogen) atoms. The van der Waals surface area contributed by atoms with Crippen molar-refractivity contribution in [3.63, 3.8) is 0 Å². The Hall–Kier alpha value is -1.72. The average Bonchev–Trinajstić information content (AvgIpc) is 3.04. The Morgan fingerprint density at radius 1 is 1.33 bits per heavy atom. The standard InChI is InChI=1S/C16H20N4S/c1-16(2,3)13-10-21-14(19-13)9-20-8-11(7-17)12-5-4-6-18-15(12)20/h4-6,8,10H,7,9,17H2,1-3H3. The first kappa shape index (κ1) is 14.2. The van der Waals surface area contributed by atoms with Gasteiger partial charge in [0.15, 0.2) is 0 Å². The zero-order valence-electron chi connectivity index (χ0n) is 12.6. The van der Waals surface area contributed by atoms with Crippen LogP contribution in [0.15, 0.2) is 29.9 Å². The Bertz CT molecular complexity index is 764. The monoisotopic (exact) mass is 300 g/mol. The van der Waals surface area contributed by atoms with Crippen LogP contribution in [0.25, 0.3) is 11.0 Å². The van der Waals surface area contributed by atoms with Gasteiger partial charge in [-0.2, -0.15) is 0 Å². The van der Waals surface area contributed by atoms with Gasteiger partial charge in [0, 0.05) is 35.1 Å². The molecule has 0 atom stereocenters. The van der Waals surface area contributed by atoms with Crippen molar-refractivity contribution in [2.45, 2.75) is 39.3 Å². The van der Waals surface area contributed by atoms with Gasteiger partial charge in [-0.25, -0.2) is 9.97 Å². The van der Waals surface area contributed by atoms with Crippen molar-refractivity contribution in [1.82, 2.24) is 14.5 Å². The molecule has 0 amide bonds. The van der Waals surface area contributed by atoms with Crippen LogP contribution in [0.3, 0.4) is 0 Å². The van der Waals surface area contributed by atoms with Crippen LogP contribution < -0.4 is 5.73 Å². The molecule has 3 rings (SSSR count). The molecule has 0 saturated heterocycles. The summed E-state index contributed by atoms with van der Waals surface area (Å²) in [4.78, 5) is 9.24. The zero-order valence-corrected chi connectivity index (χ0v) is 13.4. The molecule has 0 saturated carbocycles. The number of fused-ring (bicyclic) bond motifs is 1. The Morgan fingerprint density at radius 3 is 2.81 bits per heavy atom. The van der Waals surface area contributed by atoms with Crippen molar-refractivity contribution in [3.05, 3.63) is 46.2 Å². The second-order valence-corrected chi connectivity index (χ2v) is 7.18. The molecule has 3 aromatic rings.